The molecule has 1 heterocycles. The minimum Gasteiger partial charge on any atom is -0.478 e. The van der Waals surface area contributed by atoms with Crippen molar-refractivity contribution in [3.63, 3.8) is 0 Å². The van der Waals surface area contributed by atoms with Gasteiger partial charge in [0.1, 0.15) is 0 Å². The molecule has 0 saturated heterocycles. The van der Waals surface area contributed by atoms with Crippen molar-refractivity contribution in [2.45, 2.75) is 77.8 Å². The highest BCUT2D eigenvalue weighted by molar-refractivity contribution is 6.94. The van der Waals surface area contributed by atoms with Crippen molar-refractivity contribution in [2.24, 2.45) is 0 Å². The third-order valence-electron chi connectivity index (χ3n) is 7.37. The summed E-state index contributed by atoms with van der Waals surface area (Å²) in [5.41, 5.74) is 1.13. The van der Waals surface area contributed by atoms with Gasteiger partial charge in [0.2, 0.25) is 5.95 Å². The van der Waals surface area contributed by atoms with Crippen LogP contribution in [-0.4, -0.2) is 37.2 Å². The maximum absolute atomic E-state index is 11.1. The second kappa shape index (κ2) is 10.3. The fourth-order valence-corrected chi connectivity index (χ4v) is 12.1. The predicted octanol–water partition coefficient (Wildman–Crippen LogP) is 5.35. The molecule has 0 radical (unpaired) electrons. The molecular weight excluding hydrogens is 406 g/mol. The van der Waals surface area contributed by atoms with Gasteiger partial charge >= 0.3 is 5.97 Å². The molecule has 1 aromatic carbocycles. The highest BCUT2D eigenvalue weighted by atomic mass is 28.3. The number of anilines is 2. The van der Waals surface area contributed by atoms with Crippen LogP contribution in [0.4, 0.5) is 11.6 Å². The Morgan fingerprint density at radius 3 is 1.53 bits per heavy atom. The Balaban J connectivity index is 2.59. The summed E-state index contributed by atoms with van der Waals surface area (Å²) in [6.45, 7) is 14.1. The van der Waals surface area contributed by atoms with Gasteiger partial charge in [-0.25, -0.2) is 14.8 Å². The number of aromatic carboxylic acids is 1. The Labute approximate surface area is 183 Å². The van der Waals surface area contributed by atoms with Gasteiger partial charge in [0.05, 0.1) is 21.7 Å². The molecule has 164 valence electrons. The standard InChI is InChI=1S/C23H37N3O2Si2/c1-7-29(8-2,9-3)20-13-19(14-21(15-20)30(10-4,11-5)12-6)26-23-24-16-18(17-25-23)22(27)28/h13-17H,7-12H2,1-6H3,(H,27,28)(H,24,25,26). The Morgan fingerprint density at radius 1 is 0.800 bits per heavy atom. The lowest BCUT2D eigenvalue weighted by Crippen LogP contribution is -2.52. The fourth-order valence-electron chi connectivity index (χ4n) is 4.67. The molecular formula is C23H37N3O2Si2. The number of nitrogens with zero attached hydrogens (tertiary/aromatic N) is 2. The monoisotopic (exact) mass is 443 g/mol. The van der Waals surface area contributed by atoms with Crippen LogP contribution in [0.15, 0.2) is 30.6 Å². The Morgan fingerprint density at radius 2 is 1.20 bits per heavy atom. The van der Waals surface area contributed by atoms with Crippen LogP contribution in [0, 0.1) is 0 Å². The van der Waals surface area contributed by atoms with Gasteiger partial charge in [-0.3, -0.25) is 0 Å². The molecule has 0 aliphatic carbocycles. The largest absolute Gasteiger partial charge is 0.478 e. The Kier molecular flexibility index (Phi) is 8.37. The summed E-state index contributed by atoms with van der Waals surface area (Å²) in [4.78, 5) is 19.5. The first-order valence-corrected chi connectivity index (χ1v) is 16.6. The minimum atomic E-state index is -1.55. The van der Waals surface area contributed by atoms with Gasteiger partial charge in [-0.2, -0.15) is 0 Å². The maximum Gasteiger partial charge on any atom is 0.338 e. The summed E-state index contributed by atoms with van der Waals surface area (Å²) in [5, 5.41) is 15.5. The van der Waals surface area contributed by atoms with Crippen LogP contribution in [0.1, 0.15) is 51.9 Å². The number of carboxylic acid groups (broad SMARTS) is 1. The van der Waals surface area contributed by atoms with Crippen LogP contribution >= 0.6 is 0 Å². The zero-order valence-electron chi connectivity index (χ0n) is 19.4. The summed E-state index contributed by atoms with van der Waals surface area (Å²) in [6, 6.07) is 14.6. The average molecular weight is 444 g/mol. The molecule has 0 saturated carbocycles. The molecule has 0 aliphatic rings. The van der Waals surface area contributed by atoms with Gasteiger partial charge < -0.3 is 10.4 Å². The van der Waals surface area contributed by atoms with Crippen molar-refractivity contribution in [1.82, 2.24) is 9.97 Å². The van der Waals surface area contributed by atoms with Crippen molar-refractivity contribution >= 4 is 44.1 Å². The minimum absolute atomic E-state index is 0.0961. The fraction of sp³-hybridized carbons (Fsp3) is 0.522. The number of hydrogen-bond donors (Lipinski definition) is 2. The molecule has 0 bridgehead atoms. The van der Waals surface area contributed by atoms with E-state index in [9.17, 15) is 4.79 Å². The summed E-state index contributed by atoms with van der Waals surface area (Å²) in [7, 11) is -3.10. The van der Waals surface area contributed by atoms with Crippen LogP contribution < -0.4 is 15.7 Å². The smallest absolute Gasteiger partial charge is 0.338 e. The summed E-state index contributed by atoms with van der Waals surface area (Å²) in [6.07, 6.45) is 2.71. The second-order valence-corrected chi connectivity index (χ2v) is 18.7. The zero-order chi connectivity index (χ0) is 22.4. The van der Waals surface area contributed by atoms with Crippen molar-refractivity contribution < 1.29 is 9.90 Å². The predicted molar refractivity (Wildman–Crippen MR) is 132 cm³/mol. The van der Waals surface area contributed by atoms with E-state index in [4.69, 9.17) is 5.11 Å². The van der Waals surface area contributed by atoms with Crippen LogP contribution in [0.2, 0.25) is 36.3 Å². The first-order valence-electron chi connectivity index (χ1n) is 11.3. The van der Waals surface area contributed by atoms with Crippen LogP contribution in [0.25, 0.3) is 0 Å². The Hall–Kier alpha value is -2.00. The van der Waals surface area contributed by atoms with E-state index in [1.807, 2.05) is 0 Å². The van der Waals surface area contributed by atoms with Crippen LogP contribution in [0.3, 0.4) is 0 Å². The number of aromatic nitrogens is 2. The van der Waals surface area contributed by atoms with Crippen molar-refractivity contribution in [1.29, 1.82) is 0 Å². The van der Waals surface area contributed by atoms with E-state index >= 15 is 0 Å². The van der Waals surface area contributed by atoms with E-state index in [0.717, 1.165) is 5.69 Å². The van der Waals surface area contributed by atoms with Gasteiger partial charge in [-0.15, -0.1) is 0 Å². The number of carbonyl (C=O) groups is 1. The number of rotatable bonds is 11. The summed E-state index contributed by atoms with van der Waals surface area (Å²) >= 11 is 0. The van der Waals surface area contributed by atoms with Crippen LogP contribution in [0.5, 0.6) is 0 Å². The maximum atomic E-state index is 11.1. The van der Waals surface area contributed by atoms with Gasteiger partial charge in [-0.1, -0.05) is 94.2 Å². The molecule has 30 heavy (non-hydrogen) atoms. The SMILES string of the molecule is CC[Si](CC)(CC)c1cc(Nc2ncc(C(=O)O)cn2)cc([Si](CC)(CC)CC)c1. The number of benzene rings is 1. The first kappa shape index (κ1) is 24.3. The molecule has 7 heteroatoms. The molecule has 0 spiro atoms. The molecule has 0 atom stereocenters. The Bertz CT molecular complexity index is 793. The number of nitrogens with one attached hydrogen (secondary N) is 1. The molecule has 0 fully saturated rings. The van der Waals surface area contributed by atoms with Crippen molar-refractivity contribution in [3.05, 3.63) is 36.2 Å². The molecule has 2 aromatic rings. The number of carboxylic acids is 1. The third kappa shape index (κ3) is 4.83. The summed E-state index contributed by atoms with van der Waals surface area (Å²) in [5.74, 6) is -0.573. The van der Waals surface area contributed by atoms with Crippen molar-refractivity contribution in [2.75, 3.05) is 5.32 Å². The van der Waals surface area contributed by atoms with Crippen molar-refractivity contribution in [3.8, 4) is 0 Å². The average Bonchev–Trinajstić information content (AvgIpc) is 2.77. The third-order valence-corrected chi connectivity index (χ3v) is 18.5. The highest BCUT2D eigenvalue weighted by Gasteiger charge is 2.34. The van der Waals surface area contributed by atoms with E-state index in [2.05, 4.69) is 75.0 Å². The zero-order valence-corrected chi connectivity index (χ0v) is 21.4. The van der Waals surface area contributed by atoms with E-state index in [-0.39, 0.29) is 5.56 Å². The number of hydrogen-bond acceptors (Lipinski definition) is 4. The van der Waals surface area contributed by atoms with E-state index in [0.29, 0.717) is 5.95 Å². The second-order valence-electron chi connectivity index (χ2n) is 8.21. The lowest BCUT2D eigenvalue weighted by Gasteiger charge is -2.34. The topological polar surface area (TPSA) is 75.1 Å². The highest BCUT2D eigenvalue weighted by Crippen LogP contribution is 2.26. The lowest BCUT2D eigenvalue weighted by molar-refractivity contribution is 0.0696. The van der Waals surface area contributed by atoms with Gasteiger partial charge in [0, 0.05) is 18.1 Å². The summed E-state index contributed by atoms with van der Waals surface area (Å²) < 4.78 is 0. The molecule has 2 N–H and O–H groups in total. The van der Waals surface area contributed by atoms with Gasteiger partial charge in [0.15, 0.2) is 0 Å². The van der Waals surface area contributed by atoms with Crippen LogP contribution in [-0.2, 0) is 0 Å². The molecule has 0 amide bonds. The van der Waals surface area contributed by atoms with E-state index in [1.54, 1.807) is 0 Å². The molecule has 0 aliphatic heterocycles. The first-order chi connectivity index (χ1) is 14.3. The van der Waals surface area contributed by atoms with E-state index in [1.165, 1.54) is 59.0 Å². The van der Waals surface area contributed by atoms with Gasteiger partial charge in [0.25, 0.3) is 0 Å². The molecule has 1 aromatic heterocycles. The molecule has 2 rings (SSSR count). The van der Waals surface area contributed by atoms with Gasteiger partial charge in [-0.05, 0) is 12.1 Å². The molecule has 5 nitrogen and oxygen atoms in total. The lowest BCUT2D eigenvalue weighted by atomic mass is 10.3. The molecule has 0 unspecified atom stereocenters. The quantitative estimate of drug-likeness (QED) is 0.458. The van der Waals surface area contributed by atoms with E-state index < -0.39 is 22.1 Å². The normalized spacial score (nSPS) is 12.1.